The minimum Gasteiger partial charge on any atom is -0.394 e. The Morgan fingerprint density at radius 2 is 2.00 bits per heavy atom. The van der Waals surface area contributed by atoms with Crippen molar-refractivity contribution in [2.75, 3.05) is 11.9 Å². The van der Waals surface area contributed by atoms with Crippen molar-refractivity contribution in [2.24, 2.45) is 5.92 Å². The number of fused-ring (bicyclic) bond motifs is 3. The number of hydrogen-bond donors (Lipinski definition) is 4. The molecule has 9 heteroatoms. The quantitative estimate of drug-likeness (QED) is 0.608. The number of nitrogens with zero attached hydrogens (tertiary/aromatic N) is 4. The van der Waals surface area contributed by atoms with Crippen LogP contribution in [0.2, 0.25) is 0 Å². The highest BCUT2D eigenvalue weighted by Gasteiger charge is 2.46. The summed E-state index contributed by atoms with van der Waals surface area (Å²) in [4.78, 5) is 13.1. The molecule has 3 aliphatic rings. The average Bonchev–Trinajstić information content (AvgIpc) is 3.40. The Hall–Kier alpha value is -1.81. The van der Waals surface area contributed by atoms with Crippen LogP contribution in [0.15, 0.2) is 12.7 Å². The first-order valence-electron chi connectivity index (χ1n) is 9.18. The van der Waals surface area contributed by atoms with Crippen LogP contribution in [-0.4, -0.2) is 65.3 Å². The van der Waals surface area contributed by atoms with Gasteiger partial charge in [0.15, 0.2) is 23.2 Å². The minimum absolute atomic E-state index is 0.108. The summed E-state index contributed by atoms with van der Waals surface area (Å²) in [6.45, 7) is -0.368. The second-order valence-corrected chi connectivity index (χ2v) is 7.83. The van der Waals surface area contributed by atoms with Gasteiger partial charge >= 0.3 is 0 Å². The third kappa shape index (κ3) is 2.34. The van der Waals surface area contributed by atoms with E-state index < -0.39 is 24.5 Å². The third-order valence-electron chi connectivity index (χ3n) is 6.28. The minimum atomic E-state index is -1.17. The fraction of sp³-hybridized carbons (Fsp3) is 0.706. The molecule has 3 fully saturated rings. The largest absolute Gasteiger partial charge is 0.394 e. The van der Waals surface area contributed by atoms with Gasteiger partial charge < -0.3 is 25.4 Å². The molecule has 4 atom stereocenters. The highest BCUT2D eigenvalue weighted by molar-refractivity contribution is 5.83. The lowest BCUT2D eigenvalue weighted by molar-refractivity contribution is -0.0511. The fourth-order valence-corrected chi connectivity index (χ4v) is 4.86. The van der Waals surface area contributed by atoms with E-state index in [1.807, 2.05) is 0 Å². The molecule has 2 bridgehead atoms. The van der Waals surface area contributed by atoms with Gasteiger partial charge in [-0.1, -0.05) is 0 Å². The van der Waals surface area contributed by atoms with E-state index in [1.54, 1.807) is 4.57 Å². The van der Waals surface area contributed by atoms with Crippen molar-refractivity contribution in [1.29, 1.82) is 0 Å². The molecule has 0 aromatic carbocycles. The van der Waals surface area contributed by atoms with E-state index in [2.05, 4.69) is 20.3 Å². The Labute approximate surface area is 150 Å². The highest BCUT2D eigenvalue weighted by Crippen LogP contribution is 2.49. The standard InChI is InChI=1S/C17H23N5O4/c23-6-10-12(24)13(25)16(26-10)22-8-20-11-14(18-7-19-15(11)22)21-17-3-1-9(5-17)2-4-17/h7-10,12-13,16,23-25H,1-6H2,(H,18,19,21)/t9?,10-,12?,13?,16-,17?/m1/s1. The smallest absolute Gasteiger partial charge is 0.167 e. The van der Waals surface area contributed by atoms with Gasteiger partial charge in [-0.15, -0.1) is 0 Å². The van der Waals surface area contributed by atoms with Gasteiger partial charge in [0, 0.05) is 5.54 Å². The Morgan fingerprint density at radius 3 is 2.65 bits per heavy atom. The molecule has 0 spiro atoms. The predicted octanol–water partition coefficient (Wildman–Crippen LogP) is 0.182. The normalized spacial score (nSPS) is 39.1. The number of aromatic nitrogens is 4. The molecule has 2 aromatic heterocycles. The molecule has 140 valence electrons. The zero-order valence-electron chi connectivity index (χ0n) is 14.3. The van der Waals surface area contributed by atoms with Crippen molar-refractivity contribution in [3.8, 4) is 0 Å². The zero-order valence-corrected chi connectivity index (χ0v) is 14.3. The van der Waals surface area contributed by atoms with Crippen LogP contribution in [0.4, 0.5) is 5.82 Å². The first-order chi connectivity index (χ1) is 12.6. The molecule has 0 amide bonds. The predicted molar refractivity (Wildman–Crippen MR) is 91.3 cm³/mol. The Morgan fingerprint density at radius 1 is 1.19 bits per heavy atom. The Balaban J connectivity index is 1.48. The Bertz CT molecular complexity index is 819. The van der Waals surface area contributed by atoms with E-state index in [1.165, 1.54) is 31.9 Å². The van der Waals surface area contributed by atoms with E-state index in [9.17, 15) is 15.3 Å². The monoisotopic (exact) mass is 361 g/mol. The first kappa shape index (κ1) is 16.4. The number of hydrogen-bond acceptors (Lipinski definition) is 8. The summed E-state index contributed by atoms with van der Waals surface area (Å²) in [6.07, 6.45) is 5.00. The van der Waals surface area contributed by atoms with Crippen LogP contribution in [0, 0.1) is 5.92 Å². The number of aliphatic hydroxyl groups excluding tert-OH is 3. The molecule has 2 aromatic rings. The van der Waals surface area contributed by atoms with Gasteiger partial charge in [-0.25, -0.2) is 15.0 Å². The maximum Gasteiger partial charge on any atom is 0.167 e. The second kappa shape index (κ2) is 5.85. The van der Waals surface area contributed by atoms with E-state index in [0.717, 1.165) is 18.8 Å². The summed E-state index contributed by atoms with van der Waals surface area (Å²) < 4.78 is 7.19. The molecule has 1 saturated heterocycles. The Kier molecular flexibility index (Phi) is 3.68. The molecule has 2 unspecified atom stereocenters. The van der Waals surface area contributed by atoms with Crippen LogP contribution in [0.1, 0.15) is 38.3 Å². The van der Waals surface area contributed by atoms with Gasteiger partial charge in [0.25, 0.3) is 0 Å². The van der Waals surface area contributed by atoms with Gasteiger partial charge in [0.1, 0.15) is 24.6 Å². The van der Waals surface area contributed by atoms with Crippen molar-refractivity contribution < 1.29 is 20.1 Å². The van der Waals surface area contributed by atoms with E-state index in [4.69, 9.17) is 4.74 Å². The summed E-state index contributed by atoms with van der Waals surface area (Å²) in [6, 6.07) is 0. The number of anilines is 1. The molecule has 2 aliphatic carbocycles. The maximum atomic E-state index is 10.3. The van der Waals surface area contributed by atoms with Crippen LogP contribution >= 0.6 is 0 Å². The molecule has 26 heavy (non-hydrogen) atoms. The van der Waals surface area contributed by atoms with E-state index in [0.29, 0.717) is 17.0 Å². The number of aliphatic hydroxyl groups is 3. The van der Waals surface area contributed by atoms with Crippen molar-refractivity contribution in [2.45, 2.75) is 62.2 Å². The van der Waals surface area contributed by atoms with Crippen molar-refractivity contribution in [3.63, 3.8) is 0 Å². The van der Waals surface area contributed by atoms with Crippen molar-refractivity contribution in [3.05, 3.63) is 12.7 Å². The third-order valence-corrected chi connectivity index (χ3v) is 6.28. The topological polar surface area (TPSA) is 126 Å². The van der Waals surface area contributed by atoms with Crippen LogP contribution in [0.25, 0.3) is 11.2 Å². The van der Waals surface area contributed by atoms with Gasteiger partial charge in [-0.05, 0) is 38.0 Å². The molecule has 0 radical (unpaired) electrons. The van der Waals surface area contributed by atoms with Crippen LogP contribution in [0.5, 0.6) is 0 Å². The van der Waals surface area contributed by atoms with Gasteiger partial charge in [-0.3, -0.25) is 4.57 Å². The number of nitrogens with one attached hydrogen (secondary N) is 1. The number of ether oxygens (including phenoxy) is 1. The molecule has 1 aliphatic heterocycles. The molecule has 3 heterocycles. The molecule has 5 rings (SSSR count). The number of imidazole rings is 1. The number of rotatable bonds is 4. The molecular weight excluding hydrogens is 338 g/mol. The molecule has 4 N–H and O–H groups in total. The SMILES string of the molecule is OC[C@H]1O[C@@H](n2cnc3c(NC45CCC(CC4)C5)ncnc32)C(O)C1O. The van der Waals surface area contributed by atoms with Crippen LogP contribution < -0.4 is 5.32 Å². The van der Waals surface area contributed by atoms with Crippen LogP contribution in [-0.2, 0) is 4.74 Å². The summed E-state index contributed by atoms with van der Waals surface area (Å²) in [5.74, 6) is 1.51. The highest BCUT2D eigenvalue weighted by atomic mass is 16.6. The average molecular weight is 361 g/mol. The molecule has 9 nitrogen and oxygen atoms in total. The molecular formula is C17H23N5O4. The molecule has 2 saturated carbocycles. The van der Waals surface area contributed by atoms with Crippen molar-refractivity contribution in [1.82, 2.24) is 19.5 Å². The maximum absolute atomic E-state index is 10.3. The first-order valence-corrected chi connectivity index (χ1v) is 9.18. The summed E-state index contributed by atoms with van der Waals surface area (Å²) in [5.41, 5.74) is 1.26. The van der Waals surface area contributed by atoms with E-state index in [-0.39, 0.29) is 12.1 Å². The summed E-state index contributed by atoms with van der Waals surface area (Å²) in [5, 5.41) is 33.2. The van der Waals surface area contributed by atoms with Crippen molar-refractivity contribution >= 4 is 17.0 Å². The lowest BCUT2D eigenvalue weighted by Crippen LogP contribution is -2.33. The zero-order chi connectivity index (χ0) is 17.9. The lowest BCUT2D eigenvalue weighted by Gasteiger charge is -2.28. The van der Waals surface area contributed by atoms with Crippen LogP contribution in [0.3, 0.4) is 0 Å². The summed E-state index contributed by atoms with van der Waals surface area (Å²) in [7, 11) is 0. The fourth-order valence-electron chi connectivity index (χ4n) is 4.86. The van der Waals surface area contributed by atoms with Gasteiger partial charge in [0.2, 0.25) is 0 Å². The van der Waals surface area contributed by atoms with Gasteiger partial charge in [0.05, 0.1) is 12.9 Å². The summed E-state index contributed by atoms with van der Waals surface area (Å²) >= 11 is 0. The lowest BCUT2D eigenvalue weighted by atomic mass is 9.94. The van der Waals surface area contributed by atoms with E-state index >= 15 is 0 Å². The van der Waals surface area contributed by atoms with Gasteiger partial charge in [-0.2, -0.15) is 0 Å². The second-order valence-electron chi connectivity index (χ2n) is 7.83.